The first-order chi connectivity index (χ1) is 16.8. The minimum atomic E-state index is 0.0783. The van der Waals surface area contributed by atoms with Gasteiger partial charge in [0.05, 0.1) is 0 Å². The Bertz CT molecular complexity index is 1200. The molecule has 0 aliphatic carbocycles. The summed E-state index contributed by atoms with van der Waals surface area (Å²) in [6, 6.07) is 36.2. The zero-order chi connectivity index (χ0) is 25.3. The summed E-state index contributed by atoms with van der Waals surface area (Å²) < 4.78 is 0. The highest BCUT2D eigenvalue weighted by molar-refractivity contribution is 5.94. The number of benzene rings is 4. The van der Waals surface area contributed by atoms with Crippen LogP contribution in [0.4, 0.5) is 0 Å². The van der Waals surface area contributed by atoms with E-state index in [0.717, 1.165) is 24.8 Å². The summed E-state index contributed by atoms with van der Waals surface area (Å²) in [5, 5.41) is 7.36. The van der Waals surface area contributed by atoms with E-state index in [1.54, 1.807) is 0 Å². The van der Waals surface area contributed by atoms with Gasteiger partial charge in [-0.2, -0.15) is 0 Å². The van der Waals surface area contributed by atoms with Gasteiger partial charge in [-0.05, 0) is 54.0 Å². The van der Waals surface area contributed by atoms with Crippen LogP contribution in [0.3, 0.4) is 0 Å². The number of nitrogen functional groups attached to an aromatic ring is 1. The van der Waals surface area contributed by atoms with Crippen molar-refractivity contribution in [2.24, 2.45) is 5.73 Å². The number of aryl methyl sites for hydroxylation is 4. The molecule has 0 saturated heterocycles. The molecule has 4 aromatic carbocycles. The van der Waals surface area contributed by atoms with Crippen LogP contribution in [-0.4, -0.2) is 5.84 Å². The molecule has 180 valence electrons. The van der Waals surface area contributed by atoms with Gasteiger partial charge < -0.3 is 5.73 Å². The molecule has 0 bridgehead atoms. The summed E-state index contributed by atoms with van der Waals surface area (Å²) in [5.41, 5.74) is 14.4. The third-order valence-corrected chi connectivity index (χ3v) is 6.64. The lowest BCUT2D eigenvalue weighted by Gasteiger charge is -2.26. The summed E-state index contributed by atoms with van der Waals surface area (Å²) in [6.45, 7) is 8.85. The number of nitrogens with two attached hydrogens (primary N) is 1. The Morgan fingerprint density at radius 2 is 1.26 bits per heavy atom. The van der Waals surface area contributed by atoms with E-state index in [1.807, 2.05) is 12.1 Å². The molecule has 0 aliphatic heterocycles. The Balaban J connectivity index is 0.000000198. The molecular weight excluding hydrogens is 424 g/mol. The van der Waals surface area contributed by atoms with Crippen LogP contribution in [-0.2, 0) is 24.7 Å². The Labute approximate surface area is 211 Å². The van der Waals surface area contributed by atoms with E-state index < -0.39 is 0 Å². The fourth-order valence-corrected chi connectivity index (χ4v) is 4.14. The van der Waals surface area contributed by atoms with E-state index in [9.17, 15) is 0 Å². The number of nitrogens with one attached hydrogen (secondary N) is 1. The van der Waals surface area contributed by atoms with Crippen molar-refractivity contribution in [1.82, 2.24) is 0 Å². The van der Waals surface area contributed by atoms with Crippen LogP contribution < -0.4 is 5.73 Å². The summed E-state index contributed by atoms with van der Waals surface area (Å²) in [5.74, 6) is 0.127. The molecule has 0 aliphatic rings. The molecule has 0 heterocycles. The first kappa shape index (κ1) is 26.0. The standard InChI is InChI=1S/C17H20N2.C16H18/c1-2-13-4-3-5-15(12-13)7-6-14-8-10-16(11-9-14)17(18)19;1-13-9-11-15(12-10-13)16(2,3)14-7-5-4-6-8-14/h3-5,8-12H,2,6-7H2,1H3,(H3,18,19);4-12H,1-3H3. The molecule has 3 N–H and O–H groups in total. The number of rotatable bonds is 7. The maximum Gasteiger partial charge on any atom is 0.122 e. The van der Waals surface area contributed by atoms with Crippen LogP contribution in [0, 0.1) is 12.3 Å². The van der Waals surface area contributed by atoms with Crippen LogP contribution in [0.25, 0.3) is 0 Å². The lowest BCUT2D eigenvalue weighted by Crippen LogP contribution is -2.18. The molecule has 0 amide bonds. The van der Waals surface area contributed by atoms with Crippen LogP contribution in [0.1, 0.15) is 59.7 Å². The third kappa shape index (κ3) is 7.42. The summed E-state index contributed by atoms with van der Waals surface area (Å²) in [6.07, 6.45) is 3.15. The van der Waals surface area contributed by atoms with Crippen molar-refractivity contribution < 1.29 is 0 Å². The Morgan fingerprint density at radius 1 is 0.686 bits per heavy atom. The Hall–Kier alpha value is -3.65. The molecular formula is C33H38N2. The highest BCUT2D eigenvalue weighted by atomic mass is 14.7. The lowest BCUT2D eigenvalue weighted by atomic mass is 9.78. The number of hydrogen-bond donors (Lipinski definition) is 2. The predicted octanol–water partition coefficient (Wildman–Crippen LogP) is 7.64. The van der Waals surface area contributed by atoms with E-state index in [-0.39, 0.29) is 11.3 Å². The summed E-state index contributed by atoms with van der Waals surface area (Å²) in [4.78, 5) is 0. The van der Waals surface area contributed by atoms with Crippen LogP contribution >= 0.6 is 0 Å². The van der Waals surface area contributed by atoms with Crippen molar-refractivity contribution in [3.63, 3.8) is 0 Å². The lowest BCUT2D eigenvalue weighted by molar-refractivity contribution is 0.640. The molecule has 0 spiro atoms. The van der Waals surface area contributed by atoms with E-state index in [2.05, 4.69) is 119 Å². The molecule has 2 nitrogen and oxygen atoms in total. The number of amidine groups is 1. The highest BCUT2D eigenvalue weighted by Gasteiger charge is 2.22. The second-order valence-electron chi connectivity index (χ2n) is 9.64. The van der Waals surface area contributed by atoms with Gasteiger partial charge in [0.25, 0.3) is 0 Å². The maximum absolute atomic E-state index is 7.36. The van der Waals surface area contributed by atoms with Gasteiger partial charge in [0, 0.05) is 11.0 Å². The van der Waals surface area contributed by atoms with Gasteiger partial charge in [-0.15, -0.1) is 0 Å². The van der Waals surface area contributed by atoms with Crippen LogP contribution in [0.5, 0.6) is 0 Å². The SMILES string of the molecule is CCc1cccc(CCc2ccc(C(=N)N)cc2)c1.Cc1ccc(C(C)(C)c2ccccc2)cc1. The predicted molar refractivity (Wildman–Crippen MR) is 150 cm³/mol. The summed E-state index contributed by atoms with van der Waals surface area (Å²) in [7, 11) is 0. The molecule has 0 atom stereocenters. The van der Waals surface area contributed by atoms with Gasteiger partial charge in [-0.3, -0.25) is 5.41 Å². The zero-order valence-corrected chi connectivity index (χ0v) is 21.5. The molecule has 0 fully saturated rings. The third-order valence-electron chi connectivity index (χ3n) is 6.64. The average molecular weight is 463 g/mol. The first-order valence-corrected chi connectivity index (χ1v) is 12.4. The van der Waals surface area contributed by atoms with Crippen LogP contribution in [0.2, 0.25) is 0 Å². The van der Waals surface area contributed by atoms with Crippen molar-refractivity contribution in [1.29, 1.82) is 5.41 Å². The average Bonchev–Trinajstić information content (AvgIpc) is 2.89. The smallest absolute Gasteiger partial charge is 0.122 e. The van der Waals surface area contributed by atoms with Crippen molar-refractivity contribution in [3.8, 4) is 0 Å². The van der Waals surface area contributed by atoms with E-state index in [0.29, 0.717) is 0 Å². The van der Waals surface area contributed by atoms with Crippen molar-refractivity contribution in [2.75, 3.05) is 0 Å². The molecule has 2 heteroatoms. The van der Waals surface area contributed by atoms with Crippen molar-refractivity contribution in [2.45, 2.75) is 52.4 Å². The van der Waals surface area contributed by atoms with Gasteiger partial charge in [0.15, 0.2) is 0 Å². The topological polar surface area (TPSA) is 49.9 Å². The fraction of sp³-hybridized carbons (Fsp3) is 0.242. The molecule has 0 radical (unpaired) electrons. The monoisotopic (exact) mass is 462 g/mol. The number of hydrogen-bond acceptors (Lipinski definition) is 1. The van der Waals surface area contributed by atoms with Crippen LogP contribution in [0.15, 0.2) is 103 Å². The fourth-order valence-electron chi connectivity index (χ4n) is 4.14. The second kappa shape index (κ2) is 12.2. The Kier molecular flexibility index (Phi) is 9.03. The van der Waals surface area contributed by atoms with E-state index in [1.165, 1.54) is 33.4 Å². The van der Waals surface area contributed by atoms with Gasteiger partial charge in [-0.25, -0.2) is 0 Å². The second-order valence-corrected chi connectivity index (χ2v) is 9.64. The van der Waals surface area contributed by atoms with Crippen molar-refractivity contribution >= 4 is 5.84 Å². The largest absolute Gasteiger partial charge is 0.384 e. The minimum absolute atomic E-state index is 0.0783. The van der Waals surface area contributed by atoms with E-state index in [4.69, 9.17) is 11.1 Å². The van der Waals surface area contributed by atoms with Gasteiger partial charge in [-0.1, -0.05) is 129 Å². The molecule has 35 heavy (non-hydrogen) atoms. The Morgan fingerprint density at radius 3 is 1.86 bits per heavy atom. The zero-order valence-electron chi connectivity index (χ0n) is 21.5. The quantitative estimate of drug-likeness (QED) is 0.215. The minimum Gasteiger partial charge on any atom is -0.384 e. The molecule has 4 aromatic rings. The summed E-state index contributed by atoms with van der Waals surface area (Å²) >= 11 is 0. The molecule has 0 aromatic heterocycles. The van der Waals surface area contributed by atoms with Crippen molar-refractivity contribution in [3.05, 3.63) is 142 Å². The van der Waals surface area contributed by atoms with E-state index >= 15 is 0 Å². The molecule has 0 unspecified atom stereocenters. The van der Waals surface area contributed by atoms with Gasteiger partial charge in [0.2, 0.25) is 0 Å². The molecule has 4 rings (SSSR count). The molecule has 0 saturated carbocycles. The normalized spacial score (nSPS) is 10.9. The van der Waals surface area contributed by atoms with Gasteiger partial charge >= 0.3 is 0 Å². The van der Waals surface area contributed by atoms with Gasteiger partial charge in [0.1, 0.15) is 5.84 Å². The first-order valence-electron chi connectivity index (χ1n) is 12.4. The maximum atomic E-state index is 7.36. The highest BCUT2D eigenvalue weighted by Crippen LogP contribution is 2.31.